The number of methoxy groups -OCH3 is 1. The van der Waals surface area contributed by atoms with Gasteiger partial charge in [0.05, 0.1) is 18.5 Å². The summed E-state index contributed by atoms with van der Waals surface area (Å²) in [7, 11) is 1.65. The van der Waals surface area contributed by atoms with Gasteiger partial charge < -0.3 is 20.9 Å². The van der Waals surface area contributed by atoms with E-state index in [0.29, 0.717) is 29.0 Å². The van der Waals surface area contributed by atoms with Crippen LogP contribution in [-0.4, -0.2) is 29.1 Å². The molecule has 0 saturated heterocycles. The number of pyridine rings is 1. The minimum absolute atomic E-state index is 0.0708. The number of rotatable bonds is 7. The van der Waals surface area contributed by atoms with E-state index < -0.39 is 0 Å². The maximum absolute atomic E-state index is 13.0. The van der Waals surface area contributed by atoms with Crippen molar-refractivity contribution in [1.82, 2.24) is 9.97 Å². The number of ketones is 1. The van der Waals surface area contributed by atoms with E-state index in [-0.39, 0.29) is 11.2 Å². The zero-order chi connectivity index (χ0) is 19.7. The maximum atomic E-state index is 13.0. The van der Waals surface area contributed by atoms with Gasteiger partial charge in [-0.3, -0.25) is 4.79 Å². The molecule has 0 radical (unpaired) electrons. The SMILES string of the molecule is COc1cccc(C2(CC(=O)c3cc4ccc(/C(C=N)=C/N)nc4[nH]3)CC2)c1. The van der Waals surface area contributed by atoms with Crippen LogP contribution in [0.15, 0.2) is 48.7 Å². The molecular weight excluding hydrogens is 352 g/mol. The predicted molar refractivity (Wildman–Crippen MR) is 110 cm³/mol. The highest BCUT2D eigenvalue weighted by molar-refractivity contribution is 6.08. The number of ether oxygens (including phenoxy) is 1. The second-order valence-corrected chi connectivity index (χ2v) is 7.20. The lowest BCUT2D eigenvalue weighted by Crippen LogP contribution is -2.14. The molecule has 1 saturated carbocycles. The number of hydrogen-bond donors (Lipinski definition) is 3. The molecule has 3 aromatic rings. The summed E-state index contributed by atoms with van der Waals surface area (Å²) < 4.78 is 5.33. The summed E-state index contributed by atoms with van der Waals surface area (Å²) in [6, 6.07) is 13.5. The average Bonchev–Trinajstić information content (AvgIpc) is 3.38. The number of aromatic amines is 1. The van der Waals surface area contributed by atoms with E-state index in [0.717, 1.165) is 35.8 Å². The topological polar surface area (TPSA) is 105 Å². The van der Waals surface area contributed by atoms with Gasteiger partial charge in [0.1, 0.15) is 11.4 Å². The second-order valence-electron chi connectivity index (χ2n) is 7.20. The Hall–Kier alpha value is -3.41. The smallest absolute Gasteiger partial charge is 0.179 e. The first kappa shape index (κ1) is 18.0. The lowest BCUT2D eigenvalue weighted by atomic mass is 9.89. The third kappa shape index (κ3) is 3.17. The summed E-state index contributed by atoms with van der Waals surface area (Å²) in [4.78, 5) is 20.6. The fourth-order valence-corrected chi connectivity index (χ4v) is 3.60. The molecule has 0 spiro atoms. The van der Waals surface area contributed by atoms with Crippen molar-refractivity contribution in [2.45, 2.75) is 24.7 Å². The van der Waals surface area contributed by atoms with Crippen LogP contribution in [0.25, 0.3) is 16.6 Å². The van der Waals surface area contributed by atoms with E-state index in [9.17, 15) is 4.79 Å². The summed E-state index contributed by atoms with van der Waals surface area (Å²) in [6.45, 7) is 0. The van der Waals surface area contributed by atoms with E-state index in [1.807, 2.05) is 30.3 Å². The average molecular weight is 374 g/mol. The molecule has 1 aromatic carbocycles. The maximum Gasteiger partial charge on any atom is 0.179 e. The van der Waals surface area contributed by atoms with Crippen molar-refractivity contribution in [2.24, 2.45) is 5.73 Å². The number of carbonyl (C=O) groups excluding carboxylic acids is 1. The van der Waals surface area contributed by atoms with Gasteiger partial charge in [-0.2, -0.15) is 0 Å². The van der Waals surface area contributed by atoms with Crippen LogP contribution >= 0.6 is 0 Å². The lowest BCUT2D eigenvalue weighted by molar-refractivity contribution is 0.0965. The Bertz CT molecular complexity index is 1090. The molecule has 6 heteroatoms. The van der Waals surface area contributed by atoms with Crippen molar-refractivity contribution in [3.8, 4) is 5.75 Å². The van der Waals surface area contributed by atoms with Gasteiger partial charge in [0.2, 0.25) is 0 Å². The first-order chi connectivity index (χ1) is 13.6. The monoisotopic (exact) mass is 374 g/mol. The Kier molecular flexibility index (Phi) is 4.47. The Morgan fingerprint density at radius 1 is 1.32 bits per heavy atom. The quantitative estimate of drug-likeness (QED) is 0.432. The normalized spacial score (nSPS) is 15.4. The molecule has 0 aliphatic heterocycles. The number of aromatic nitrogens is 2. The number of carbonyl (C=O) groups is 1. The summed E-state index contributed by atoms with van der Waals surface area (Å²) in [6.07, 6.45) is 4.96. The minimum atomic E-state index is -0.100. The van der Waals surface area contributed by atoms with E-state index in [1.165, 1.54) is 6.20 Å². The van der Waals surface area contributed by atoms with Crippen molar-refractivity contribution in [1.29, 1.82) is 5.41 Å². The molecule has 142 valence electrons. The Morgan fingerprint density at radius 2 is 2.14 bits per heavy atom. The molecule has 1 aliphatic carbocycles. The molecule has 0 atom stereocenters. The molecule has 4 N–H and O–H groups in total. The zero-order valence-electron chi connectivity index (χ0n) is 15.7. The predicted octanol–water partition coefficient (Wildman–Crippen LogP) is 3.83. The molecule has 0 unspecified atom stereocenters. The highest BCUT2D eigenvalue weighted by Gasteiger charge is 2.46. The van der Waals surface area contributed by atoms with Crippen molar-refractivity contribution in [3.05, 3.63) is 65.6 Å². The number of allylic oxidation sites excluding steroid dienone is 1. The first-order valence-corrected chi connectivity index (χ1v) is 9.19. The van der Waals surface area contributed by atoms with Gasteiger partial charge in [0, 0.05) is 35.2 Å². The molecule has 2 aromatic heterocycles. The molecule has 2 heterocycles. The highest BCUT2D eigenvalue weighted by Crippen LogP contribution is 2.52. The molecule has 1 aliphatic rings. The van der Waals surface area contributed by atoms with Gasteiger partial charge in [0.15, 0.2) is 5.78 Å². The van der Waals surface area contributed by atoms with Crippen LogP contribution in [0.3, 0.4) is 0 Å². The zero-order valence-corrected chi connectivity index (χ0v) is 15.7. The van der Waals surface area contributed by atoms with Crippen LogP contribution in [0.5, 0.6) is 5.75 Å². The molecule has 0 bridgehead atoms. The largest absolute Gasteiger partial charge is 0.497 e. The molecule has 4 rings (SSSR count). The summed E-state index contributed by atoms with van der Waals surface area (Å²) >= 11 is 0. The van der Waals surface area contributed by atoms with Crippen LogP contribution in [0.1, 0.15) is 41.0 Å². The number of nitrogens with two attached hydrogens (primary N) is 1. The number of fused-ring (bicyclic) bond motifs is 1. The number of H-pyrrole nitrogens is 1. The minimum Gasteiger partial charge on any atom is -0.497 e. The van der Waals surface area contributed by atoms with Crippen molar-refractivity contribution < 1.29 is 9.53 Å². The summed E-state index contributed by atoms with van der Waals surface area (Å²) in [5, 5.41) is 8.27. The summed E-state index contributed by atoms with van der Waals surface area (Å²) in [5.41, 5.74) is 8.89. The third-order valence-corrected chi connectivity index (χ3v) is 5.45. The highest BCUT2D eigenvalue weighted by atomic mass is 16.5. The van der Waals surface area contributed by atoms with Gasteiger partial charge in [0.25, 0.3) is 0 Å². The number of Topliss-reactive ketones (excluding diaryl/α,β-unsaturated/α-hetero) is 1. The van der Waals surface area contributed by atoms with Gasteiger partial charge in [-0.05, 0) is 48.7 Å². The third-order valence-electron chi connectivity index (χ3n) is 5.45. The fraction of sp³-hybridized carbons (Fsp3) is 0.227. The van der Waals surface area contributed by atoms with Crippen molar-refractivity contribution >= 4 is 28.6 Å². The Morgan fingerprint density at radius 3 is 2.82 bits per heavy atom. The number of nitrogens with zero attached hydrogens (tertiary/aromatic N) is 1. The second kappa shape index (κ2) is 6.96. The van der Waals surface area contributed by atoms with Gasteiger partial charge in [-0.1, -0.05) is 12.1 Å². The number of nitrogens with one attached hydrogen (secondary N) is 2. The summed E-state index contributed by atoms with van der Waals surface area (Å²) in [5.74, 6) is 0.884. The van der Waals surface area contributed by atoms with Crippen molar-refractivity contribution in [3.63, 3.8) is 0 Å². The fourth-order valence-electron chi connectivity index (χ4n) is 3.60. The van der Waals surface area contributed by atoms with Gasteiger partial charge in [-0.15, -0.1) is 0 Å². The number of hydrogen-bond acceptors (Lipinski definition) is 5. The first-order valence-electron chi connectivity index (χ1n) is 9.19. The Balaban J connectivity index is 1.59. The standard InChI is InChI=1S/C22H22N4O2/c1-28-17-4-2-3-16(10-17)22(7-8-22)11-20(27)19-9-14-5-6-18(15(12-23)13-24)25-21(14)26-19/h2-6,9-10,12-13,23H,7-8,11,24H2,1H3,(H,25,26)/b15-13+,23-12?. The van der Waals surface area contributed by atoms with Gasteiger partial charge in [-0.25, -0.2) is 4.98 Å². The molecule has 0 amide bonds. The van der Waals surface area contributed by atoms with Crippen LogP contribution in [0.4, 0.5) is 0 Å². The Labute approximate surface area is 162 Å². The van der Waals surface area contributed by atoms with E-state index in [2.05, 4.69) is 16.0 Å². The molecule has 28 heavy (non-hydrogen) atoms. The molecule has 1 fully saturated rings. The van der Waals surface area contributed by atoms with Gasteiger partial charge >= 0.3 is 0 Å². The number of benzene rings is 1. The van der Waals surface area contributed by atoms with Crippen LogP contribution in [-0.2, 0) is 5.41 Å². The van der Waals surface area contributed by atoms with Crippen LogP contribution in [0, 0.1) is 5.41 Å². The van der Waals surface area contributed by atoms with Crippen LogP contribution in [0.2, 0.25) is 0 Å². The van der Waals surface area contributed by atoms with Crippen molar-refractivity contribution in [2.75, 3.05) is 7.11 Å². The van der Waals surface area contributed by atoms with E-state index in [4.69, 9.17) is 15.9 Å². The molecular formula is C22H22N4O2. The van der Waals surface area contributed by atoms with E-state index >= 15 is 0 Å². The molecule has 6 nitrogen and oxygen atoms in total. The van der Waals surface area contributed by atoms with E-state index in [1.54, 1.807) is 13.2 Å². The van der Waals surface area contributed by atoms with Crippen LogP contribution < -0.4 is 10.5 Å². The lowest BCUT2D eigenvalue weighted by Gasteiger charge is -2.15.